The van der Waals surface area contributed by atoms with Gasteiger partial charge in [-0.2, -0.15) is 0 Å². The van der Waals surface area contributed by atoms with Gasteiger partial charge in [0.2, 0.25) is 0 Å². The molecule has 0 heterocycles. The van der Waals surface area contributed by atoms with E-state index in [4.69, 9.17) is 9.47 Å². The van der Waals surface area contributed by atoms with Gasteiger partial charge in [0.05, 0.1) is 19.1 Å². The Morgan fingerprint density at radius 3 is 2.29 bits per heavy atom. The first-order valence-electron chi connectivity index (χ1n) is 13.2. The van der Waals surface area contributed by atoms with Crippen molar-refractivity contribution in [3.63, 3.8) is 0 Å². The van der Waals surface area contributed by atoms with Gasteiger partial charge < -0.3 is 24.8 Å². The molecule has 9 heteroatoms. The van der Waals surface area contributed by atoms with Crippen LogP contribution in [0, 0.1) is 4.91 Å². The number of nitroso groups, excluding NO2 is 1. The molecule has 4 aromatic rings. The lowest BCUT2D eigenvalue weighted by Crippen LogP contribution is -2.28. The van der Waals surface area contributed by atoms with Crippen LogP contribution in [0.15, 0.2) is 101 Å². The topological polar surface area (TPSA) is 101 Å². The number of benzene rings is 4. The molecule has 1 amide bonds. The largest absolute Gasteiger partial charge is 0.497 e. The molecule has 0 radical (unpaired) electrons. The van der Waals surface area contributed by atoms with Crippen molar-refractivity contribution in [2.75, 3.05) is 37.3 Å². The number of carbonyl (C=O) groups is 1. The Kier molecular flexibility index (Phi) is 9.86. The van der Waals surface area contributed by atoms with Crippen molar-refractivity contribution in [3.8, 4) is 22.6 Å². The van der Waals surface area contributed by atoms with E-state index in [-0.39, 0.29) is 5.91 Å². The summed E-state index contributed by atoms with van der Waals surface area (Å²) in [5, 5.41) is 9.54. The van der Waals surface area contributed by atoms with Crippen LogP contribution in [-0.4, -0.2) is 33.2 Å². The van der Waals surface area contributed by atoms with Gasteiger partial charge in [-0.1, -0.05) is 35.5 Å². The molecule has 4 aromatic carbocycles. The predicted octanol–water partition coefficient (Wildman–Crippen LogP) is 7.33. The fourth-order valence-corrected chi connectivity index (χ4v) is 4.89. The smallest absolute Gasteiger partial charge is 0.251 e. The zero-order valence-corrected chi connectivity index (χ0v) is 24.4. The number of methoxy groups -OCH3 is 2. The second-order valence-electron chi connectivity index (χ2n) is 9.79. The van der Waals surface area contributed by atoms with Crippen LogP contribution in [-0.2, 0) is 5.54 Å². The Hall–Kier alpha value is -4.50. The number of ether oxygens (including phenoxy) is 2. The number of carbonyl (C=O) groups excluding carboxylic acids is 1. The van der Waals surface area contributed by atoms with Crippen LogP contribution in [0.1, 0.15) is 29.8 Å². The Labute approximate surface area is 245 Å². The molecule has 4 rings (SSSR count). The van der Waals surface area contributed by atoms with Gasteiger partial charge >= 0.3 is 0 Å². The Morgan fingerprint density at radius 1 is 0.829 bits per heavy atom. The molecule has 0 saturated heterocycles. The highest BCUT2D eigenvalue weighted by Crippen LogP contribution is 2.36. The van der Waals surface area contributed by atoms with Crippen LogP contribution in [0.3, 0.4) is 0 Å². The molecular weight excluding hydrogens is 536 g/mol. The van der Waals surface area contributed by atoms with E-state index in [1.54, 1.807) is 52.3 Å². The summed E-state index contributed by atoms with van der Waals surface area (Å²) in [4.78, 5) is 24.6. The summed E-state index contributed by atoms with van der Waals surface area (Å²) in [6.45, 7) is 4.66. The molecule has 0 spiro atoms. The normalized spacial score (nSPS) is 10.9. The molecule has 3 N–H and O–H groups in total. The summed E-state index contributed by atoms with van der Waals surface area (Å²) in [6, 6.07) is 28.8. The summed E-state index contributed by atoms with van der Waals surface area (Å²) in [5.41, 5.74) is 4.48. The first kappa shape index (κ1) is 29.5. The maximum Gasteiger partial charge on any atom is 0.251 e. The number of hydrogen-bond acceptors (Lipinski definition) is 8. The van der Waals surface area contributed by atoms with Crippen molar-refractivity contribution >= 4 is 29.2 Å². The summed E-state index contributed by atoms with van der Waals surface area (Å²) in [7, 11) is 3.24. The number of nitrogens with one attached hydrogen (secondary N) is 3. The van der Waals surface area contributed by atoms with E-state index in [1.165, 1.54) is 11.9 Å². The number of hydrogen-bond donors (Lipinski definition) is 3. The molecule has 0 fully saturated rings. The first-order valence-corrected chi connectivity index (χ1v) is 14.0. The van der Waals surface area contributed by atoms with Crippen molar-refractivity contribution < 1.29 is 14.3 Å². The molecular formula is C32H34N4O4S. The number of rotatable bonds is 13. The van der Waals surface area contributed by atoms with E-state index >= 15 is 0 Å². The van der Waals surface area contributed by atoms with Crippen molar-refractivity contribution in [2.24, 2.45) is 5.18 Å². The zero-order valence-electron chi connectivity index (χ0n) is 23.6. The highest BCUT2D eigenvalue weighted by atomic mass is 32.2. The maximum absolute atomic E-state index is 12.4. The van der Waals surface area contributed by atoms with Gasteiger partial charge in [0.25, 0.3) is 5.91 Å². The van der Waals surface area contributed by atoms with Gasteiger partial charge in [0.1, 0.15) is 17.0 Å². The molecule has 0 bridgehead atoms. The molecule has 0 aliphatic rings. The molecule has 0 saturated carbocycles. The van der Waals surface area contributed by atoms with Crippen molar-refractivity contribution in [1.29, 1.82) is 0 Å². The van der Waals surface area contributed by atoms with Gasteiger partial charge in [-0.05, 0) is 103 Å². The Balaban J connectivity index is 1.36. The van der Waals surface area contributed by atoms with Crippen molar-refractivity contribution in [2.45, 2.75) is 24.3 Å². The molecule has 0 atom stereocenters. The monoisotopic (exact) mass is 570 g/mol. The van der Waals surface area contributed by atoms with E-state index in [9.17, 15) is 9.70 Å². The molecule has 0 aliphatic carbocycles. The minimum absolute atomic E-state index is 0.131. The van der Waals surface area contributed by atoms with Crippen molar-refractivity contribution in [1.82, 2.24) is 5.32 Å². The standard InChI is InChI=1S/C32H34N4O4S/c1-32(2,36-38)25-8-5-7-23(19-25)24-13-16-29(40-4)30(20-24)41-35-27-10-6-9-26(21-27)33-17-18-34-31(37)22-11-14-28(39-3)15-12-22/h5-16,19-21,33,35H,17-18H2,1-4H3,(H,34,37). The first-order chi connectivity index (χ1) is 19.8. The minimum Gasteiger partial charge on any atom is -0.497 e. The molecule has 0 unspecified atom stereocenters. The van der Waals surface area contributed by atoms with Gasteiger partial charge in [0.15, 0.2) is 0 Å². The lowest BCUT2D eigenvalue weighted by molar-refractivity contribution is 0.0955. The van der Waals surface area contributed by atoms with E-state index in [0.29, 0.717) is 24.4 Å². The molecule has 0 aliphatic heterocycles. The number of amides is 1. The van der Waals surface area contributed by atoms with Gasteiger partial charge in [-0.3, -0.25) is 4.79 Å². The van der Waals surface area contributed by atoms with Crippen LogP contribution in [0.2, 0.25) is 0 Å². The van der Waals surface area contributed by atoms with Gasteiger partial charge in [-0.15, -0.1) is 4.91 Å². The third-order valence-electron chi connectivity index (χ3n) is 6.53. The quantitative estimate of drug-likeness (QED) is 0.0879. The maximum atomic E-state index is 12.4. The summed E-state index contributed by atoms with van der Waals surface area (Å²) in [6.07, 6.45) is 0. The molecule has 41 heavy (non-hydrogen) atoms. The average molecular weight is 571 g/mol. The lowest BCUT2D eigenvalue weighted by Gasteiger charge is -2.17. The summed E-state index contributed by atoms with van der Waals surface area (Å²) < 4.78 is 14.1. The van der Waals surface area contributed by atoms with E-state index in [2.05, 4.69) is 26.6 Å². The van der Waals surface area contributed by atoms with Crippen LogP contribution >= 0.6 is 11.9 Å². The second-order valence-corrected chi connectivity index (χ2v) is 10.6. The predicted molar refractivity (Wildman–Crippen MR) is 167 cm³/mol. The van der Waals surface area contributed by atoms with Crippen LogP contribution in [0.4, 0.5) is 11.4 Å². The minimum atomic E-state index is -0.803. The SMILES string of the molecule is COc1ccc(C(=O)NCCNc2cccc(NSc3cc(-c4cccc(C(C)(C)N=O)c4)ccc3OC)c2)cc1. The Morgan fingerprint density at radius 2 is 1.56 bits per heavy atom. The van der Waals surface area contributed by atoms with E-state index < -0.39 is 5.54 Å². The fourth-order valence-electron chi connectivity index (χ4n) is 4.10. The highest BCUT2D eigenvalue weighted by Gasteiger charge is 2.21. The Bertz CT molecular complexity index is 1490. The summed E-state index contributed by atoms with van der Waals surface area (Å²) in [5.74, 6) is 1.33. The lowest BCUT2D eigenvalue weighted by atomic mass is 9.92. The summed E-state index contributed by atoms with van der Waals surface area (Å²) >= 11 is 1.45. The van der Waals surface area contributed by atoms with Gasteiger partial charge in [-0.25, -0.2) is 0 Å². The van der Waals surface area contributed by atoms with Gasteiger partial charge in [0, 0.05) is 30.0 Å². The highest BCUT2D eigenvalue weighted by molar-refractivity contribution is 8.00. The fraction of sp³-hybridized carbons (Fsp3) is 0.219. The number of anilines is 2. The molecule has 212 valence electrons. The third-order valence-corrected chi connectivity index (χ3v) is 7.40. The molecule has 8 nitrogen and oxygen atoms in total. The third kappa shape index (κ3) is 7.79. The zero-order chi connectivity index (χ0) is 29.2. The number of nitrogens with zero attached hydrogens (tertiary/aromatic N) is 1. The van der Waals surface area contributed by atoms with Crippen molar-refractivity contribution in [3.05, 3.63) is 107 Å². The average Bonchev–Trinajstić information content (AvgIpc) is 3.02. The van der Waals surface area contributed by atoms with Crippen LogP contribution in [0.25, 0.3) is 11.1 Å². The van der Waals surface area contributed by atoms with E-state index in [0.717, 1.165) is 38.7 Å². The van der Waals surface area contributed by atoms with E-state index in [1.807, 2.05) is 60.7 Å². The second kappa shape index (κ2) is 13.7. The van der Waals surface area contributed by atoms with Crippen LogP contribution < -0.4 is 24.8 Å². The van der Waals surface area contributed by atoms with Crippen LogP contribution in [0.5, 0.6) is 11.5 Å². The molecule has 0 aromatic heterocycles.